The molecule has 1 nitrogen and oxygen atoms in total. The van der Waals surface area contributed by atoms with Crippen LogP contribution in [0.4, 0.5) is 0 Å². The molecule has 1 aliphatic rings. The highest BCUT2D eigenvalue weighted by atomic mass is 14.9. The molecular weight excluding hydrogens is 242 g/mol. The largest absolute Gasteiger partial charge is 0.314 e. The van der Waals surface area contributed by atoms with Crippen molar-refractivity contribution in [3.8, 4) is 0 Å². The minimum atomic E-state index is 0.613. The molecular formula is C19H31N. The van der Waals surface area contributed by atoms with Crippen LogP contribution in [-0.2, 0) is 6.42 Å². The van der Waals surface area contributed by atoms with Crippen molar-refractivity contribution in [2.75, 3.05) is 6.54 Å². The first-order valence-electron chi connectivity index (χ1n) is 8.38. The molecule has 1 aromatic carbocycles. The summed E-state index contributed by atoms with van der Waals surface area (Å²) in [6.45, 7) is 10.2. The summed E-state index contributed by atoms with van der Waals surface area (Å²) in [4.78, 5) is 0. The Bertz CT molecular complexity index is 391. The van der Waals surface area contributed by atoms with Crippen molar-refractivity contribution in [1.82, 2.24) is 5.32 Å². The summed E-state index contributed by atoms with van der Waals surface area (Å²) in [6, 6.07) is 9.94. The monoisotopic (exact) mass is 273 g/mol. The summed E-state index contributed by atoms with van der Waals surface area (Å²) >= 11 is 0. The zero-order valence-electron chi connectivity index (χ0n) is 13.7. The molecule has 0 heterocycles. The van der Waals surface area contributed by atoms with Crippen molar-refractivity contribution in [3.05, 3.63) is 35.4 Å². The Morgan fingerprint density at radius 1 is 1.00 bits per heavy atom. The molecule has 0 radical (unpaired) electrons. The van der Waals surface area contributed by atoms with E-state index >= 15 is 0 Å². The molecule has 1 aliphatic carbocycles. The minimum Gasteiger partial charge on any atom is -0.314 e. The van der Waals surface area contributed by atoms with Crippen LogP contribution >= 0.6 is 0 Å². The molecule has 1 saturated carbocycles. The van der Waals surface area contributed by atoms with E-state index in [0.717, 1.165) is 11.8 Å². The molecule has 1 fully saturated rings. The lowest BCUT2D eigenvalue weighted by atomic mass is 9.88. The fourth-order valence-corrected chi connectivity index (χ4v) is 3.38. The molecule has 0 amide bonds. The van der Waals surface area contributed by atoms with E-state index in [1.807, 2.05) is 0 Å². The first-order chi connectivity index (χ1) is 9.56. The van der Waals surface area contributed by atoms with E-state index in [9.17, 15) is 0 Å². The van der Waals surface area contributed by atoms with Crippen molar-refractivity contribution in [2.45, 2.75) is 65.3 Å². The van der Waals surface area contributed by atoms with Gasteiger partial charge in [-0.25, -0.2) is 0 Å². The standard InChI is InChI=1S/C19H31N/c1-14(2)17-10-8-16(9-11-17)12-18-6-5-7-19(18)13-20-15(3)4/h8-11,14-15,18-20H,5-7,12-13H2,1-4H3. The number of rotatable bonds is 6. The molecule has 0 aliphatic heterocycles. The van der Waals surface area contributed by atoms with Crippen LogP contribution in [0, 0.1) is 11.8 Å². The van der Waals surface area contributed by atoms with Crippen molar-refractivity contribution in [1.29, 1.82) is 0 Å². The summed E-state index contributed by atoms with van der Waals surface area (Å²) in [5.41, 5.74) is 2.98. The predicted molar refractivity (Wildman–Crippen MR) is 88.2 cm³/mol. The zero-order valence-corrected chi connectivity index (χ0v) is 13.7. The predicted octanol–water partition coefficient (Wildman–Crippen LogP) is 4.77. The van der Waals surface area contributed by atoms with E-state index < -0.39 is 0 Å². The molecule has 2 unspecified atom stereocenters. The SMILES string of the molecule is CC(C)NCC1CCCC1Cc1ccc(C(C)C)cc1. The van der Waals surface area contributed by atoms with Gasteiger partial charge in [0, 0.05) is 6.04 Å². The summed E-state index contributed by atoms with van der Waals surface area (Å²) in [6.07, 6.45) is 5.51. The Morgan fingerprint density at radius 3 is 2.25 bits per heavy atom. The second-order valence-electron chi connectivity index (χ2n) is 7.11. The van der Waals surface area contributed by atoms with Crippen molar-refractivity contribution < 1.29 is 0 Å². The normalized spacial score (nSPS) is 22.9. The second-order valence-corrected chi connectivity index (χ2v) is 7.11. The van der Waals surface area contributed by atoms with Crippen molar-refractivity contribution >= 4 is 0 Å². The Kier molecular flexibility index (Phi) is 5.65. The van der Waals surface area contributed by atoms with Crippen LogP contribution in [0.2, 0.25) is 0 Å². The van der Waals surface area contributed by atoms with Gasteiger partial charge >= 0.3 is 0 Å². The van der Waals surface area contributed by atoms with Gasteiger partial charge in [-0.2, -0.15) is 0 Å². The third-order valence-electron chi connectivity index (χ3n) is 4.75. The van der Waals surface area contributed by atoms with Gasteiger partial charge in [0.25, 0.3) is 0 Å². The van der Waals surface area contributed by atoms with Gasteiger partial charge in [0.1, 0.15) is 0 Å². The number of nitrogens with one attached hydrogen (secondary N) is 1. The molecule has 0 saturated heterocycles. The minimum absolute atomic E-state index is 0.613. The van der Waals surface area contributed by atoms with E-state index in [0.29, 0.717) is 12.0 Å². The maximum atomic E-state index is 3.63. The van der Waals surface area contributed by atoms with Crippen LogP contribution in [0.3, 0.4) is 0 Å². The average molecular weight is 273 g/mol. The summed E-state index contributed by atoms with van der Waals surface area (Å²) in [5.74, 6) is 2.40. The van der Waals surface area contributed by atoms with E-state index in [1.54, 1.807) is 0 Å². The summed E-state index contributed by atoms with van der Waals surface area (Å²) < 4.78 is 0. The number of benzene rings is 1. The molecule has 2 atom stereocenters. The fraction of sp³-hybridized carbons (Fsp3) is 0.684. The topological polar surface area (TPSA) is 12.0 Å². The van der Waals surface area contributed by atoms with E-state index in [4.69, 9.17) is 0 Å². The average Bonchev–Trinajstić information content (AvgIpc) is 2.84. The number of hydrogen-bond donors (Lipinski definition) is 1. The van der Waals surface area contributed by atoms with Crippen LogP contribution in [-0.4, -0.2) is 12.6 Å². The molecule has 1 N–H and O–H groups in total. The van der Waals surface area contributed by atoms with Gasteiger partial charge in [-0.15, -0.1) is 0 Å². The van der Waals surface area contributed by atoms with E-state index in [-0.39, 0.29) is 0 Å². The molecule has 0 aromatic heterocycles. The Balaban J connectivity index is 1.91. The lowest BCUT2D eigenvalue weighted by molar-refractivity contribution is 0.354. The molecule has 1 aromatic rings. The van der Waals surface area contributed by atoms with Crippen molar-refractivity contribution in [3.63, 3.8) is 0 Å². The maximum Gasteiger partial charge on any atom is 0.00104 e. The highest BCUT2D eigenvalue weighted by molar-refractivity contribution is 5.25. The highest BCUT2D eigenvalue weighted by Crippen LogP contribution is 2.34. The highest BCUT2D eigenvalue weighted by Gasteiger charge is 2.27. The molecule has 0 spiro atoms. The van der Waals surface area contributed by atoms with Crippen molar-refractivity contribution in [2.24, 2.45) is 11.8 Å². The Hall–Kier alpha value is -0.820. The smallest absolute Gasteiger partial charge is 0.00104 e. The van der Waals surface area contributed by atoms with Gasteiger partial charge in [0.2, 0.25) is 0 Å². The molecule has 2 rings (SSSR count). The van der Waals surface area contributed by atoms with Crippen LogP contribution in [0.25, 0.3) is 0 Å². The number of hydrogen-bond acceptors (Lipinski definition) is 1. The van der Waals surface area contributed by atoms with Crippen LogP contribution in [0.15, 0.2) is 24.3 Å². The van der Waals surface area contributed by atoms with Crippen LogP contribution in [0.1, 0.15) is 64.0 Å². The van der Waals surface area contributed by atoms with Gasteiger partial charge in [0.15, 0.2) is 0 Å². The first kappa shape index (κ1) is 15.6. The summed E-state index contributed by atoms with van der Waals surface area (Å²) in [5, 5.41) is 3.63. The quantitative estimate of drug-likeness (QED) is 0.787. The lowest BCUT2D eigenvalue weighted by Crippen LogP contribution is -2.31. The zero-order chi connectivity index (χ0) is 14.5. The second kappa shape index (κ2) is 7.26. The van der Waals surface area contributed by atoms with E-state index in [1.165, 1.54) is 43.4 Å². The third-order valence-corrected chi connectivity index (χ3v) is 4.75. The van der Waals surface area contributed by atoms with Gasteiger partial charge in [-0.1, -0.05) is 58.4 Å². The van der Waals surface area contributed by atoms with Gasteiger partial charge in [0.05, 0.1) is 0 Å². The summed E-state index contributed by atoms with van der Waals surface area (Å²) in [7, 11) is 0. The molecule has 20 heavy (non-hydrogen) atoms. The van der Waals surface area contributed by atoms with Gasteiger partial charge < -0.3 is 5.32 Å². The van der Waals surface area contributed by atoms with Crippen LogP contribution in [0.5, 0.6) is 0 Å². The lowest BCUT2D eigenvalue weighted by Gasteiger charge is -2.21. The molecule has 112 valence electrons. The van der Waals surface area contributed by atoms with Gasteiger partial charge in [-0.05, 0) is 54.7 Å². The maximum absolute atomic E-state index is 3.63. The Labute approximate surface area is 125 Å². The molecule has 1 heteroatoms. The third kappa shape index (κ3) is 4.34. The van der Waals surface area contributed by atoms with Gasteiger partial charge in [-0.3, -0.25) is 0 Å². The first-order valence-corrected chi connectivity index (χ1v) is 8.38. The fourth-order valence-electron chi connectivity index (χ4n) is 3.38. The van der Waals surface area contributed by atoms with E-state index in [2.05, 4.69) is 57.3 Å². The van der Waals surface area contributed by atoms with Crippen LogP contribution < -0.4 is 5.32 Å². The molecule has 0 bridgehead atoms. The Morgan fingerprint density at radius 2 is 1.65 bits per heavy atom.